The zero-order chi connectivity index (χ0) is 18.0. The van der Waals surface area contributed by atoms with Gasteiger partial charge in [0, 0.05) is 29.1 Å². The van der Waals surface area contributed by atoms with Gasteiger partial charge in [0.1, 0.15) is 11.9 Å². The van der Waals surface area contributed by atoms with E-state index in [9.17, 15) is 9.59 Å². The number of carbonyl (C=O) groups is 1. The van der Waals surface area contributed by atoms with Crippen LogP contribution in [0.15, 0.2) is 29.1 Å². The SMILES string of the molecule is COc1ccc2[nH]c(=O)c(CN(C(=O)[C@@H]3CCCO3)C(C)C)cc2c1. The Balaban J connectivity index is 1.92. The van der Waals surface area contributed by atoms with Crippen molar-refractivity contribution in [2.75, 3.05) is 13.7 Å². The highest BCUT2D eigenvalue weighted by Crippen LogP contribution is 2.21. The molecule has 6 nitrogen and oxygen atoms in total. The quantitative estimate of drug-likeness (QED) is 0.904. The van der Waals surface area contributed by atoms with Gasteiger partial charge in [-0.15, -0.1) is 0 Å². The fourth-order valence-corrected chi connectivity index (χ4v) is 3.13. The molecule has 6 heteroatoms. The summed E-state index contributed by atoms with van der Waals surface area (Å²) < 4.78 is 10.8. The second kappa shape index (κ2) is 7.27. The molecule has 25 heavy (non-hydrogen) atoms. The van der Waals surface area contributed by atoms with E-state index in [0.29, 0.717) is 12.2 Å². The number of H-pyrrole nitrogens is 1. The molecule has 1 saturated heterocycles. The van der Waals surface area contributed by atoms with Crippen molar-refractivity contribution in [1.29, 1.82) is 0 Å². The van der Waals surface area contributed by atoms with Gasteiger partial charge in [-0.1, -0.05) is 0 Å². The number of benzene rings is 1. The number of fused-ring (bicyclic) bond motifs is 1. The van der Waals surface area contributed by atoms with Crippen molar-refractivity contribution in [3.05, 3.63) is 40.2 Å². The Morgan fingerprint density at radius 3 is 2.84 bits per heavy atom. The summed E-state index contributed by atoms with van der Waals surface area (Å²) in [5, 5.41) is 0.877. The topological polar surface area (TPSA) is 71.6 Å². The van der Waals surface area contributed by atoms with Crippen LogP contribution in [0.5, 0.6) is 5.75 Å². The minimum atomic E-state index is -0.387. The van der Waals surface area contributed by atoms with E-state index in [1.165, 1.54) is 0 Å². The van der Waals surface area contributed by atoms with Crippen molar-refractivity contribution in [1.82, 2.24) is 9.88 Å². The molecule has 1 aliphatic heterocycles. The molecule has 1 amide bonds. The van der Waals surface area contributed by atoms with Crippen LogP contribution in [0.4, 0.5) is 0 Å². The molecule has 2 aromatic rings. The molecule has 1 aliphatic rings. The number of carbonyl (C=O) groups excluding carboxylic acids is 1. The number of ether oxygens (including phenoxy) is 2. The summed E-state index contributed by atoms with van der Waals surface area (Å²) in [6.07, 6.45) is 1.26. The Morgan fingerprint density at radius 1 is 1.40 bits per heavy atom. The van der Waals surface area contributed by atoms with Gasteiger partial charge in [0.15, 0.2) is 0 Å². The Morgan fingerprint density at radius 2 is 2.20 bits per heavy atom. The molecule has 134 valence electrons. The van der Waals surface area contributed by atoms with E-state index >= 15 is 0 Å². The van der Waals surface area contributed by atoms with E-state index in [1.54, 1.807) is 18.1 Å². The van der Waals surface area contributed by atoms with Crippen LogP contribution < -0.4 is 10.3 Å². The first-order valence-electron chi connectivity index (χ1n) is 8.61. The number of aromatic amines is 1. The molecule has 0 bridgehead atoms. The number of nitrogens with zero attached hydrogens (tertiary/aromatic N) is 1. The number of pyridine rings is 1. The van der Waals surface area contributed by atoms with Gasteiger partial charge in [-0.25, -0.2) is 0 Å². The lowest BCUT2D eigenvalue weighted by Crippen LogP contribution is -2.43. The number of rotatable bonds is 5. The molecule has 3 rings (SSSR count). The zero-order valence-corrected chi connectivity index (χ0v) is 14.9. The van der Waals surface area contributed by atoms with Gasteiger partial charge < -0.3 is 19.4 Å². The maximum atomic E-state index is 12.7. The summed E-state index contributed by atoms with van der Waals surface area (Å²) in [5.41, 5.74) is 1.13. The van der Waals surface area contributed by atoms with Gasteiger partial charge in [0.05, 0.1) is 13.7 Å². The third-order valence-electron chi connectivity index (χ3n) is 4.58. The van der Waals surface area contributed by atoms with E-state index in [1.807, 2.05) is 32.0 Å². The first-order chi connectivity index (χ1) is 12.0. The number of nitrogens with one attached hydrogen (secondary N) is 1. The third-order valence-corrected chi connectivity index (χ3v) is 4.58. The summed E-state index contributed by atoms with van der Waals surface area (Å²) in [6, 6.07) is 7.30. The van der Waals surface area contributed by atoms with E-state index < -0.39 is 0 Å². The molecule has 1 atom stereocenters. The zero-order valence-electron chi connectivity index (χ0n) is 14.9. The predicted octanol–water partition coefficient (Wildman–Crippen LogP) is 2.45. The lowest BCUT2D eigenvalue weighted by atomic mass is 10.1. The summed E-state index contributed by atoms with van der Waals surface area (Å²) >= 11 is 0. The molecule has 1 fully saturated rings. The van der Waals surface area contributed by atoms with Gasteiger partial charge in [0.2, 0.25) is 0 Å². The summed E-state index contributed by atoms with van der Waals surface area (Å²) in [7, 11) is 1.61. The van der Waals surface area contributed by atoms with Crippen molar-refractivity contribution in [2.45, 2.75) is 45.4 Å². The Hall–Kier alpha value is -2.34. The number of hydrogen-bond acceptors (Lipinski definition) is 4. The molecule has 0 aliphatic carbocycles. The first kappa shape index (κ1) is 17.5. The fourth-order valence-electron chi connectivity index (χ4n) is 3.13. The van der Waals surface area contributed by atoms with Gasteiger partial charge in [0.25, 0.3) is 11.5 Å². The van der Waals surface area contributed by atoms with Crippen LogP contribution in [-0.2, 0) is 16.1 Å². The minimum Gasteiger partial charge on any atom is -0.497 e. The maximum Gasteiger partial charge on any atom is 0.253 e. The average molecular weight is 344 g/mol. The van der Waals surface area contributed by atoms with Crippen molar-refractivity contribution in [3.8, 4) is 5.75 Å². The van der Waals surface area contributed by atoms with Crippen LogP contribution in [0.25, 0.3) is 10.9 Å². The Bertz CT molecular complexity index is 822. The number of hydrogen-bond donors (Lipinski definition) is 1. The Kier molecular flexibility index (Phi) is 5.08. The molecular weight excluding hydrogens is 320 g/mol. The van der Waals surface area contributed by atoms with Crippen LogP contribution in [0.3, 0.4) is 0 Å². The molecule has 0 spiro atoms. The van der Waals surface area contributed by atoms with Crippen LogP contribution in [-0.4, -0.2) is 41.7 Å². The van der Waals surface area contributed by atoms with Crippen LogP contribution >= 0.6 is 0 Å². The van der Waals surface area contributed by atoms with E-state index in [0.717, 1.165) is 29.5 Å². The van der Waals surface area contributed by atoms with Crippen LogP contribution in [0.1, 0.15) is 32.3 Å². The smallest absolute Gasteiger partial charge is 0.253 e. The van der Waals surface area contributed by atoms with Crippen LogP contribution in [0, 0.1) is 0 Å². The van der Waals surface area contributed by atoms with E-state index in [4.69, 9.17) is 9.47 Å². The van der Waals surface area contributed by atoms with E-state index in [2.05, 4.69) is 4.98 Å². The monoisotopic (exact) mass is 344 g/mol. The summed E-state index contributed by atoms with van der Waals surface area (Å²) in [5.74, 6) is 0.680. The van der Waals surface area contributed by atoms with Gasteiger partial charge in [-0.3, -0.25) is 9.59 Å². The molecule has 1 N–H and O–H groups in total. The van der Waals surface area contributed by atoms with Gasteiger partial charge >= 0.3 is 0 Å². The predicted molar refractivity (Wildman–Crippen MR) is 95.8 cm³/mol. The molecule has 1 aromatic carbocycles. The highest BCUT2D eigenvalue weighted by atomic mass is 16.5. The van der Waals surface area contributed by atoms with E-state index in [-0.39, 0.29) is 30.2 Å². The molecule has 0 radical (unpaired) electrons. The highest BCUT2D eigenvalue weighted by Gasteiger charge is 2.30. The minimum absolute atomic E-state index is 0.0166. The lowest BCUT2D eigenvalue weighted by molar-refractivity contribution is -0.143. The average Bonchev–Trinajstić information content (AvgIpc) is 3.13. The van der Waals surface area contributed by atoms with Crippen molar-refractivity contribution >= 4 is 16.8 Å². The molecule has 0 saturated carbocycles. The molecule has 2 heterocycles. The normalized spacial score (nSPS) is 17.2. The second-order valence-electron chi connectivity index (χ2n) is 6.64. The summed E-state index contributed by atoms with van der Waals surface area (Å²) in [4.78, 5) is 29.8. The van der Waals surface area contributed by atoms with Crippen molar-refractivity contribution in [2.24, 2.45) is 0 Å². The summed E-state index contributed by atoms with van der Waals surface area (Å²) in [6.45, 7) is 4.79. The number of amides is 1. The van der Waals surface area contributed by atoms with Crippen LogP contribution in [0.2, 0.25) is 0 Å². The fraction of sp³-hybridized carbons (Fsp3) is 0.474. The second-order valence-corrected chi connectivity index (χ2v) is 6.64. The highest BCUT2D eigenvalue weighted by molar-refractivity contribution is 5.82. The molecule has 1 aromatic heterocycles. The lowest BCUT2D eigenvalue weighted by Gasteiger charge is -2.29. The number of methoxy groups -OCH3 is 1. The third kappa shape index (κ3) is 3.69. The molecular formula is C19H24N2O4. The number of aromatic nitrogens is 1. The molecule has 0 unspecified atom stereocenters. The standard InChI is InChI=1S/C19H24N2O4/c1-12(2)21(19(23)17-5-4-8-25-17)11-14-9-13-10-15(24-3)6-7-16(13)20-18(14)22/h6-7,9-10,12,17H,4-5,8,11H2,1-3H3,(H,20,22)/t17-/m0/s1. The van der Waals surface area contributed by atoms with Crippen molar-refractivity contribution in [3.63, 3.8) is 0 Å². The van der Waals surface area contributed by atoms with Crippen molar-refractivity contribution < 1.29 is 14.3 Å². The largest absolute Gasteiger partial charge is 0.497 e. The van der Waals surface area contributed by atoms with Gasteiger partial charge in [-0.05, 0) is 51.0 Å². The first-order valence-corrected chi connectivity index (χ1v) is 8.61. The van der Waals surface area contributed by atoms with Gasteiger partial charge in [-0.2, -0.15) is 0 Å². The Labute approximate surface area is 146 Å². The maximum absolute atomic E-state index is 12.7.